The van der Waals surface area contributed by atoms with Crippen molar-refractivity contribution in [2.45, 2.75) is 51.0 Å². The average molecular weight is 374 g/mol. The van der Waals surface area contributed by atoms with Crippen LogP contribution in [0.25, 0.3) is 0 Å². The maximum Gasteiger partial charge on any atom is 0.108 e. The Morgan fingerprint density at radius 2 is 1.92 bits per heavy atom. The molecular weight excluding hydrogens is 342 g/mol. The minimum absolute atomic E-state index is 0.0314. The topological polar surface area (TPSA) is 21.7 Å². The second kappa shape index (κ2) is 6.72. The summed E-state index contributed by atoms with van der Waals surface area (Å²) in [7, 11) is 4.48. The number of likely N-dealkylation sites (N-methyl/N-ethyl adjacent to an activating group) is 1. The lowest BCUT2D eigenvalue weighted by Crippen LogP contribution is -2.58. The minimum atomic E-state index is -0.0672. The van der Waals surface area contributed by atoms with Gasteiger partial charge < -0.3 is 9.47 Å². The van der Waals surface area contributed by atoms with Crippen molar-refractivity contribution in [2.24, 2.45) is 11.3 Å². The third-order valence-electron chi connectivity index (χ3n) is 6.75. The van der Waals surface area contributed by atoms with E-state index in [4.69, 9.17) is 9.47 Å². The van der Waals surface area contributed by atoms with Gasteiger partial charge in [-0.05, 0) is 64.4 Å². The normalized spacial score (nSPS) is 35.7. The Hall–Kier alpha value is -1.26. The summed E-state index contributed by atoms with van der Waals surface area (Å²) in [5.74, 6) is 3.15. The third-order valence-corrected chi connectivity index (χ3v) is 7.70. The minimum Gasteiger partial charge on any atom is -0.497 e. The van der Waals surface area contributed by atoms with Crippen molar-refractivity contribution < 1.29 is 9.47 Å². The molecule has 0 unspecified atom stereocenters. The van der Waals surface area contributed by atoms with Crippen LogP contribution in [0.1, 0.15) is 50.3 Å². The van der Waals surface area contributed by atoms with Gasteiger partial charge in [-0.2, -0.15) is 0 Å². The molecule has 1 fully saturated rings. The van der Waals surface area contributed by atoms with Gasteiger partial charge in [-0.25, -0.2) is 0 Å². The van der Waals surface area contributed by atoms with Gasteiger partial charge in [0.2, 0.25) is 0 Å². The van der Waals surface area contributed by atoms with Crippen LogP contribution >= 0.6 is 11.3 Å². The summed E-state index contributed by atoms with van der Waals surface area (Å²) in [4.78, 5) is 3.87. The Kier molecular flexibility index (Phi) is 4.68. The zero-order chi connectivity index (χ0) is 18.4. The second-order valence-corrected chi connectivity index (χ2v) is 8.93. The van der Waals surface area contributed by atoms with Crippen LogP contribution in [-0.2, 0) is 9.47 Å². The molecule has 26 heavy (non-hydrogen) atoms. The second-order valence-electron chi connectivity index (χ2n) is 7.95. The fraction of sp³-hybridized carbons (Fsp3) is 0.636. The average Bonchev–Trinajstić information content (AvgIpc) is 3.23. The van der Waals surface area contributed by atoms with E-state index in [1.165, 1.54) is 24.1 Å². The fourth-order valence-electron chi connectivity index (χ4n) is 5.85. The summed E-state index contributed by atoms with van der Waals surface area (Å²) in [6, 6.07) is 4.45. The Balaban J connectivity index is 1.97. The lowest BCUT2D eigenvalue weighted by atomic mass is 9.55. The summed E-state index contributed by atoms with van der Waals surface area (Å²) >= 11 is 1.86. The van der Waals surface area contributed by atoms with Gasteiger partial charge in [0, 0.05) is 16.7 Å². The van der Waals surface area contributed by atoms with E-state index >= 15 is 0 Å². The van der Waals surface area contributed by atoms with E-state index in [1.54, 1.807) is 0 Å². The first kappa shape index (κ1) is 18.1. The largest absolute Gasteiger partial charge is 0.497 e. The van der Waals surface area contributed by atoms with E-state index in [1.807, 2.05) is 11.3 Å². The summed E-state index contributed by atoms with van der Waals surface area (Å²) in [6.07, 6.45) is 9.82. The Bertz CT molecular complexity index is 708. The molecule has 0 saturated heterocycles. The van der Waals surface area contributed by atoms with Gasteiger partial charge in [-0.3, -0.25) is 4.90 Å². The van der Waals surface area contributed by atoms with Crippen molar-refractivity contribution in [3.8, 4) is 0 Å². The molecule has 1 aromatic rings. The highest BCUT2D eigenvalue weighted by Crippen LogP contribution is 2.68. The first-order chi connectivity index (χ1) is 12.6. The first-order valence-corrected chi connectivity index (χ1v) is 10.9. The molecule has 3 nitrogen and oxygen atoms in total. The molecule has 0 aliphatic heterocycles. The predicted molar refractivity (Wildman–Crippen MR) is 107 cm³/mol. The maximum atomic E-state index is 6.33. The van der Waals surface area contributed by atoms with Crippen LogP contribution in [0, 0.1) is 11.3 Å². The van der Waals surface area contributed by atoms with E-state index in [2.05, 4.69) is 62.5 Å². The monoisotopic (exact) mass is 373 g/mol. The number of thiophene rings is 1. The summed E-state index contributed by atoms with van der Waals surface area (Å²) in [5.41, 5.74) is -0.0985. The predicted octanol–water partition coefficient (Wildman–Crippen LogP) is 5.18. The van der Waals surface area contributed by atoms with E-state index in [0.29, 0.717) is 25.0 Å². The Morgan fingerprint density at radius 1 is 1.15 bits per heavy atom. The summed E-state index contributed by atoms with van der Waals surface area (Å²) in [6.45, 7) is 5.63. The molecule has 1 saturated carbocycles. The molecule has 4 rings (SSSR count). The molecule has 0 N–H and O–H groups in total. The van der Waals surface area contributed by atoms with Crippen LogP contribution < -0.4 is 0 Å². The molecule has 4 atom stereocenters. The van der Waals surface area contributed by atoms with E-state index in [9.17, 15) is 0 Å². The summed E-state index contributed by atoms with van der Waals surface area (Å²) < 4.78 is 12.6. The van der Waals surface area contributed by atoms with Gasteiger partial charge in [-0.15, -0.1) is 11.3 Å². The molecule has 1 aromatic heterocycles. The third kappa shape index (κ3) is 2.27. The molecule has 3 aliphatic rings. The Labute approximate surface area is 161 Å². The number of hydrogen-bond donors (Lipinski definition) is 0. The lowest BCUT2D eigenvalue weighted by Gasteiger charge is -2.55. The number of rotatable bonds is 6. The summed E-state index contributed by atoms with van der Waals surface area (Å²) in [5, 5.41) is 2.19. The smallest absolute Gasteiger partial charge is 0.108 e. The van der Waals surface area contributed by atoms with Gasteiger partial charge in [0.05, 0.1) is 24.2 Å². The molecule has 0 aromatic carbocycles. The van der Waals surface area contributed by atoms with Crippen molar-refractivity contribution in [1.82, 2.24) is 4.90 Å². The van der Waals surface area contributed by atoms with Crippen LogP contribution in [0.5, 0.6) is 0 Å². The molecular formula is C22H31NO2S. The Morgan fingerprint density at radius 3 is 2.58 bits per heavy atom. The van der Waals surface area contributed by atoms with E-state index in [0.717, 1.165) is 17.9 Å². The quantitative estimate of drug-likeness (QED) is 0.686. The highest BCUT2D eigenvalue weighted by atomic mass is 32.1. The van der Waals surface area contributed by atoms with Crippen LogP contribution in [0.4, 0.5) is 0 Å². The van der Waals surface area contributed by atoms with E-state index in [-0.39, 0.29) is 11.0 Å². The maximum absolute atomic E-state index is 6.33. The standard InChI is InChI=1S/C22H31NO2S/c1-5-24-19-14-16(17-10-9-13-26-17)22(23(3)4)15-20(25-6-2)21(19)12-8-7-11-18(21)22/h9-10,13-16,18H,5-8,11-12H2,1-4H3/t16-,18+,21-,22-/m0/s1. The van der Waals surface area contributed by atoms with Crippen molar-refractivity contribution >= 4 is 11.3 Å². The van der Waals surface area contributed by atoms with Crippen molar-refractivity contribution in [2.75, 3.05) is 27.3 Å². The van der Waals surface area contributed by atoms with Crippen LogP contribution in [0.3, 0.4) is 0 Å². The highest BCUT2D eigenvalue weighted by molar-refractivity contribution is 7.10. The van der Waals surface area contributed by atoms with Gasteiger partial charge in [0.15, 0.2) is 0 Å². The van der Waals surface area contributed by atoms with Crippen molar-refractivity contribution in [1.29, 1.82) is 0 Å². The van der Waals surface area contributed by atoms with Gasteiger partial charge in [-0.1, -0.05) is 18.9 Å². The zero-order valence-electron chi connectivity index (χ0n) is 16.5. The zero-order valence-corrected chi connectivity index (χ0v) is 17.3. The van der Waals surface area contributed by atoms with Crippen LogP contribution in [0.15, 0.2) is 41.2 Å². The molecule has 0 amide bonds. The van der Waals surface area contributed by atoms with Crippen LogP contribution in [-0.4, -0.2) is 37.7 Å². The first-order valence-electron chi connectivity index (χ1n) is 10.0. The molecule has 4 heteroatoms. The van der Waals surface area contributed by atoms with Crippen LogP contribution in [0.2, 0.25) is 0 Å². The SMILES string of the molecule is CCOC1=C[C@@H](c2cccs2)[C@@]2(N(C)C)C=C(OCC)[C@]13CCCC[C@H]32. The van der Waals surface area contributed by atoms with E-state index < -0.39 is 0 Å². The number of hydrogen-bond acceptors (Lipinski definition) is 4. The van der Waals surface area contributed by atoms with Crippen molar-refractivity contribution in [3.63, 3.8) is 0 Å². The molecule has 2 bridgehead atoms. The molecule has 0 spiro atoms. The van der Waals surface area contributed by atoms with Crippen molar-refractivity contribution in [3.05, 3.63) is 46.1 Å². The molecule has 0 radical (unpaired) electrons. The van der Waals surface area contributed by atoms with Gasteiger partial charge >= 0.3 is 0 Å². The highest BCUT2D eigenvalue weighted by Gasteiger charge is 2.67. The molecule has 1 heterocycles. The number of ether oxygens (including phenoxy) is 2. The molecule has 142 valence electrons. The number of nitrogens with zero attached hydrogens (tertiary/aromatic N) is 1. The fourth-order valence-corrected chi connectivity index (χ4v) is 6.72. The molecule has 3 aliphatic carbocycles. The van der Waals surface area contributed by atoms with Gasteiger partial charge in [0.25, 0.3) is 0 Å². The lowest BCUT2D eigenvalue weighted by molar-refractivity contribution is -0.0271. The van der Waals surface area contributed by atoms with Gasteiger partial charge in [0.1, 0.15) is 11.5 Å².